The summed E-state index contributed by atoms with van der Waals surface area (Å²) in [6, 6.07) is 2.47. The molecule has 0 aliphatic carbocycles. The SMILES string of the molecule is CCC(C#N)N1CCN(C(=O)NC(C)C)CC1. The van der Waals surface area contributed by atoms with Crippen LogP contribution in [0.1, 0.15) is 27.2 Å². The van der Waals surface area contributed by atoms with Crippen LogP contribution in [0.15, 0.2) is 0 Å². The Bertz CT molecular complexity index is 289. The van der Waals surface area contributed by atoms with E-state index in [1.807, 2.05) is 25.7 Å². The smallest absolute Gasteiger partial charge is 0.317 e. The summed E-state index contributed by atoms with van der Waals surface area (Å²) in [7, 11) is 0. The molecule has 0 radical (unpaired) electrons. The van der Waals surface area contributed by atoms with Gasteiger partial charge >= 0.3 is 6.03 Å². The maximum absolute atomic E-state index is 11.8. The number of nitrogens with one attached hydrogen (secondary N) is 1. The van der Waals surface area contributed by atoms with E-state index in [2.05, 4.69) is 16.3 Å². The molecule has 0 aromatic rings. The topological polar surface area (TPSA) is 59.4 Å². The third kappa shape index (κ3) is 3.90. The summed E-state index contributed by atoms with van der Waals surface area (Å²) in [5.41, 5.74) is 0. The minimum Gasteiger partial charge on any atom is -0.336 e. The van der Waals surface area contributed by atoms with Crippen LogP contribution in [0.5, 0.6) is 0 Å². The van der Waals surface area contributed by atoms with Gasteiger partial charge in [-0.3, -0.25) is 4.90 Å². The molecule has 0 bridgehead atoms. The lowest BCUT2D eigenvalue weighted by Gasteiger charge is -2.36. The van der Waals surface area contributed by atoms with Gasteiger partial charge in [-0.15, -0.1) is 0 Å². The van der Waals surface area contributed by atoms with Crippen molar-refractivity contribution in [2.75, 3.05) is 26.2 Å². The first kappa shape index (κ1) is 13.8. The molecule has 1 unspecified atom stereocenters. The number of hydrogen-bond donors (Lipinski definition) is 1. The van der Waals surface area contributed by atoms with Crippen molar-refractivity contribution in [1.29, 1.82) is 5.26 Å². The Morgan fingerprint density at radius 3 is 2.35 bits per heavy atom. The second-order valence-electron chi connectivity index (χ2n) is 4.68. The highest BCUT2D eigenvalue weighted by Crippen LogP contribution is 2.08. The van der Waals surface area contributed by atoms with Crippen LogP contribution < -0.4 is 5.32 Å². The molecule has 1 heterocycles. The number of piperazine rings is 1. The standard InChI is InChI=1S/C12H22N4O/c1-4-11(9-13)15-5-7-16(8-6-15)12(17)14-10(2)3/h10-11H,4-8H2,1-3H3,(H,14,17). The number of urea groups is 1. The Balaban J connectivity index is 2.40. The molecule has 17 heavy (non-hydrogen) atoms. The molecule has 0 saturated carbocycles. The highest BCUT2D eigenvalue weighted by Gasteiger charge is 2.25. The maximum atomic E-state index is 11.8. The van der Waals surface area contributed by atoms with Crippen molar-refractivity contribution in [1.82, 2.24) is 15.1 Å². The number of nitriles is 1. The van der Waals surface area contributed by atoms with E-state index in [1.165, 1.54) is 0 Å². The van der Waals surface area contributed by atoms with Crippen LogP contribution in [0, 0.1) is 11.3 Å². The molecule has 1 fully saturated rings. The molecular weight excluding hydrogens is 216 g/mol. The van der Waals surface area contributed by atoms with Gasteiger partial charge in [-0.25, -0.2) is 4.79 Å². The van der Waals surface area contributed by atoms with Gasteiger partial charge in [0.05, 0.1) is 12.1 Å². The predicted molar refractivity (Wildman–Crippen MR) is 66.5 cm³/mol. The van der Waals surface area contributed by atoms with Gasteiger partial charge in [0.2, 0.25) is 0 Å². The van der Waals surface area contributed by atoms with Crippen LogP contribution >= 0.6 is 0 Å². The van der Waals surface area contributed by atoms with Crippen molar-refractivity contribution in [3.8, 4) is 6.07 Å². The molecule has 0 aromatic heterocycles. The van der Waals surface area contributed by atoms with Gasteiger partial charge in [-0.1, -0.05) is 6.92 Å². The Morgan fingerprint density at radius 1 is 1.35 bits per heavy atom. The lowest BCUT2D eigenvalue weighted by molar-refractivity contribution is 0.122. The third-order valence-electron chi connectivity index (χ3n) is 2.99. The van der Waals surface area contributed by atoms with Gasteiger partial charge < -0.3 is 10.2 Å². The fourth-order valence-corrected chi connectivity index (χ4v) is 2.01. The van der Waals surface area contributed by atoms with Crippen molar-refractivity contribution in [2.45, 2.75) is 39.3 Å². The van der Waals surface area contributed by atoms with Crippen molar-refractivity contribution >= 4 is 6.03 Å². The van der Waals surface area contributed by atoms with Crippen LogP contribution in [0.25, 0.3) is 0 Å². The first-order valence-corrected chi connectivity index (χ1v) is 6.27. The summed E-state index contributed by atoms with van der Waals surface area (Å²) in [6.45, 7) is 8.92. The summed E-state index contributed by atoms with van der Waals surface area (Å²) in [5, 5.41) is 11.9. The maximum Gasteiger partial charge on any atom is 0.317 e. The van der Waals surface area contributed by atoms with Crippen LogP contribution in [0.4, 0.5) is 4.79 Å². The zero-order chi connectivity index (χ0) is 12.8. The summed E-state index contributed by atoms with van der Waals surface area (Å²) >= 11 is 0. The van der Waals surface area contributed by atoms with Crippen molar-refractivity contribution in [3.63, 3.8) is 0 Å². The highest BCUT2D eigenvalue weighted by molar-refractivity contribution is 5.74. The zero-order valence-corrected chi connectivity index (χ0v) is 10.9. The third-order valence-corrected chi connectivity index (χ3v) is 2.99. The second-order valence-corrected chi connectivity index (χ2v) is 4.68. The van der Waals surface area contributed by atoms with Crippen LogP contribution in [-0.2, 0) is 0 Å². The molecule has 1 saturated heterocycles. The van der Waals surface area contributed by atoms with Crippen molar-refractivity contribution in [3.05, 3.63) is 0 Å². The summed E-state index contributed by atoms with van der Waals surface area (Å²) < 4.78 is 0. The van der Waals surface area contributed by atoms with E-state index in [0.29, 0.717) is 13.1 Å². The van der Waals surface area contributed by atoms with E-state index in [-0.39, 0.29) is 18.1 Å². The molecule has 1 aliphatic heterocycles. The molecule has 1 aliphatic rings. The Hall–Kier alpha value is -1.28. The number of amides is 2. The first-order valence-electron chi connectivity index (χ1n) is 6.27. The lowest BCUT2D eigenvalue weighted by atomic mass is 10.2. The van der Waals surface area contributed by atoms with Gasteiger partial charge in [0, 0.05) is 32.2 Å². The number of rotatable bonds is 3. The summed E-state index contributed by atoms with van der Waals surface area (Å²) in [6.07, 6.45) is 0.842. The van der Waals surface area contributed by atoms with Gasteiger partial charge in [-0.2, -0.15) is 5.26 Å². The predicted octanol–water partition coefficient (Wildman–Crippen LogP) is 1.02. The molecule has 96 valence electrons. The van der Waals surface area contributed by atoms with Gasteiger partial charge in [0.15, 0.2) is 0 Å². The number of carbonyl (C=O) groups excluding carboxylic acids is 1. The fraction of sp³-hybridized carbons (Fsp3) is 0.833. The van der Waals surface area contributed by atoms with Crippen molar-refractivity contribution in [2.24, 2.45) is 0 Å². The van der Waals surface area contributed by atoms with Gasteiger partial charge in [-0.05, 0) is 20.3 Å². The highest BCUT2D eigenvalue weighted by atomic mass is 16.2. The van der Waals surface area contributed by atoms with Gasteiger partial charge in [0.25, 0.3) is 0 Å². The van der Waals surface area contributed by atoms with Crippen LogP contribution in [-0.4, -0.2) is 54.1 Å². The van der Waals surface area contributed by atoms with E-state index in [0.717, 1.165) is 19.5 Å². The Morgan fingerprint density at radius 2 is 1.94 bits per heavy atom. The quantitative estimate of drug-likeness (QED) is 0.798. The minimum atomic E-state index is -0.00897. The number of carbonyl (C=O) groups is 1. The van der Waals surface area contributed by atoms with E-state index in [9.17, 15) is 4.79 Å². The normalized spacial score (nSPS) is 18.9. The van der Waals surface area contributed by atoms with E-state index in [1.54, 1.807) is 0 Å². The summed E-state index contributed by atoms with van der Waals surface area (Å²) in [5.74, 6) is 0. The van der Waals surface area contributed by atoms with Crippen molar-refractivity contribution < 1.29 is 4.79 Å². The fourth-order valence-electron chi connectivity index (χ4n) is 2.01. The molecule has 2 amide bonds. The molecule has 5 heteroatoms. The molecule has 1 atom stereocenters. The monoisotopic (exact) mass is 238 g/mol. The molecule has 0 spiro atoms. The summed E-state index contributed by atoms with van der Waals surface area (Å²) in [4.78, 5) is 15.7. The van der Waals surface area contributed by atoms with E-state index in [4.69, 9.17) is 5.26 Å². The molecule has 1 N–H and O–H groups in total. The first-order chi connectivity index (χ1) is 8.08. The lowest BCUT2D eigenvalue weighted by Crippen LogP contribution is -2.54. The minimum absolute atomic E-state index is 0.00431. The average Bonchev–Trinajstić information content (AvgIpc) is 2.30. The largest absolute Gasteiger partial charge is 0.336 e. The van der Waals surface area contributed by atoms with Crippen LogP contribution in [0.3, 0.4) is 0 Å². The second kappa shape index (κ2) is 6.45. The number of nitrogens with zero attached hydrogens (tertiary/aromatic N) is 3. The van der Waals surface area contributed by atoms with E-state index < -0.39 is 0 Å². The molecular formula is C12H22N4O. The number of hydrogen-bond acceptors (Lipinski definition) is 3. The Kier molecular flexibility index (Phi) is 5.23. The zero-order valence-electron chi connectivity index (χ0n) is 10.9. The average molecular weight is 238 g/mol. The van der Waals surface area contributed by atoms with E-state index >= 15 is 0 Å². The Labute approximate surface area is 103 Å². The molecule has 5 nitrogen and oxygen atoms in total. The van der Waals surface area contributed by atoms with Gasteiger partial charge in [0.1, 0.15) is 0 Å². The molecule has 1 rings (SSSR count). The van der Waals surface area contributed by atoms with Crippen LogP contribution in [0.2, 0.25) is 0 Å². The molecule has 0 aromatic carbocycles.